The largest absolute Gasteiger partial charge is 0.267 e. The molecule has 0 atom stereocenters. The maximum absolute atomic E-state index is 11.4. The van der Waals surface area contributed by atoms with Gasteiger partial charge in [0.05, 0.1) is 4.90 Å². The molecule has 2 rings (SSSR count). The van der Waals surface area contributed by atoms with Crippen molar-refractivity contribution < 1.29 is 8.42 Å². The zero-order chi connectivity index (χ0) is 12.3. The Hall–Kier alpha value is -1.17. The minimum Gasteiger partial charge on any atom is -0.205 e. The predicted molar refractivity (Wildman–Crippen MR) is 70.1 cm³/mol. The molecule has 2 aromatic rings. The summed E-state index contributed by atoms with van der Waals surface area (Å²) >= 11 is 2.61. The topological polar surface area (TPSA) is 48.2 Å². The highest BCUT2D eigenvalue weighted by Gasteiger charge is 2.13. The second-order valence-electron chi connectivity index (χ2n) is 3.43. The van der Waals surface area contributed by atoms with Gasteiger partial charge in [0, 0.05) is 16.1 Å². The number of hydrogen-bond donors (Lipinski definition) is 0. The van der Waals surface area contributed by atoms with Crippen LogP contribution in [0.3, 0.4) is 0 Å². The fourth-order valence-corrected chi connectivity index (χ4v) is 2.55. The van der Waals surface area contributed by atoms with Crippen LogP contribution in [0, 0.1) is 0 Å². The van der Waals surface area contributed by atoms with Gasteiger partial charge in [-0.2, -0.15) is 0 Å². The molecule has 2 aromatic carbocycles. The van der Waals surface area contributed by atoms with Crippen molar-refractivity contribution in [2.45, 2.75) is 4.90 Å². The summed E-state index contributed by atoms with van der Waals surface area (Å²) in [6, 6.07) is 16.4. The maximum atomic E-state index is 11.4. The molecule has 0 aliphatic heterocycles. The van der Waals surface area contributed by atoms with Crippen LogP contribution in [0.5, 0.6) is 0 Å². The molecule has 0 aliphatic rings. The minimum atomic E-state index is -3.56. The summed E-state index contributed by atoms with van der Waals surface area (Å²) in [6.07, 6.45) is 0. The van der Waals surface area contributed by atoms with Crippen LogP contribution in [-0.4, -0.2) is 8.42 Å². The van der Waals surface area contributed by atoms with Crippen LogP contribution in [0.2, 0.25) is 0 Å². The summed E-state index contributed by atoms with van der Waals surface area (Å²) in [5.41, 5.74) is 2.02. The molecule has 0 spiro atoms. The summed E-state index contributed by atoms with van der Waals surface area (Å²) in [7, 11) is -3.56. The second-order valence-corrected chi connectivity index (χ2v) is 5.86. The first kappa shape index (κ1) is 12.3. The summed E-state index contributed by atoms with van der Waals surface area (Å²) < 4.78 is 26.0. The van der Waals surface area contributed by atoms with Crippen LogP contribution >= 0.6 is 16.1 Å². The van der Waals surface area contributed by atoms with Gasteiger partial charge in [-0.25, -0.2) is 8.42 Å². The van der Waals surface area contributed by atoms with Gasteiger partial charge in [0.1, 0.15) is 0 Å². The van der Waals surface area contributed by atoms with Gasteiger partial charge in [-0.1, -0.05) is 42.5 Å². The van der Waals surface area contributed by atoms with Crippen molar-refractivity contribution in [1.82, 2.24) is 3.75 Å². The third kappa shape index (κ3) is 2.74. The molecular weight excluding hydrogens is 302 g/mol. The highest BCUT2D eigenvalue weighted by molar-refractivity contribution is 9.09. The first-order valence-corrected chi connectivity index (χ1v) is 7.02. The molecule has 0 bridgehead atoms. The fraction of sp³-hybridized carbons (Fsp3) is 0. The Morgan fingerprint density at radius 1 is 0.824 bits per heavy atom. The quantitative estimate of drug-likeness (QED) is 0.875. The molecule has 0 N–H and O–H groups in total. The third-order valence-corrected chi connectivity index (χ3v) is 4.54. The lowest BCUT2D eigenvalue weighted by molar-refractivity contribution is 0.594. The lowest BCUT2D eigenvalue weighted by atomic mass is 10.1. The maximum Gasteiger partial charge on any atom is 0.267 e. The van der Waals surface area contributed by atoms with Gasteiger partial charge in [-0.05, 0) is 27.0 Å². The average molecular weight is 311 g/mol. The van der Waals surface area contributed by atoms with Gasteiger partial charge in [-0.3, -0.25) is 0 Å². The van der Waals surface area contributed by atoms with E-state index in [2.05, 4.69) is 19.9 Å². The Morgan fingerprint density at radius 2 is 1.35 bits per heavy atom. The van der Waals surface area contributed by atoms with Crippen molar-refractivity contribution in [3.63, 3.8) is 0 Å². The van der Waals surface area contributed by atoms with E-state index in [1.807, 2.05) is 30.3 Å². The molecule has 17 heavy (non-hydrogen) atoms. The standard InChI is InChI=1S/C12H9BrNO2S/c13-14-17(15,16)12-8-6-11(7-9-12)10-4-2-1-3-5-10/h1-9H. The molecule has 0 amide bonds. The summed E-state index contributed by atoms with van der Waals surface area (Å²) in [6.45, 7) is 0. The van der Waals surface area contributed by atoms with E-state index in [-0.39, 0.29) is 4.90 Å². The zero-order valence-corrected chi connectivity index (χ0v) is 11.1. The van der Waals surface area contributed by atoms with Crippen molar-refractivity contribution in [3.8, 4) is 11.1 Å². The number of sulfonamides is 1. The van der Waals surface area contributed by atoms with E-state index in [4.69, 9.17) is 0 Å². The molecule has 0 fully saturated rings. The Kier molecular flexibility index (Phi) is 3.61. The molecule has 0 aliphatic carbocycles. The molecule has 0 saturated heterocycles. The van der Waals surface area contributed by atoms with E-state index in [0.717, 1.165) is 11.1 Å². The van der Waals surface area contributed by atoms with Crippen molar-refractivity contribution in [1.29, 1.82) is 0 Å². The number of halogens is 1. The van der Waals surface area contributed by atoms with Crippen LogP contribution in [0.25, 0.3) is 11.1 Å². The smallest absolute Gasteiger partial charge is 0.205 e. The van der Waals surface area contributed by atoms with Gasteiger partial charge < -0.3 is 0 Å². The summed E-state index contributed by atoms with van der Waals surface area (Å²) in [5.74, 6) is 0. The van der Waals surface area contributed by atoms with Gasteiger partial charge in [0.2, 0.25) is 0 Å². The van der Waals surface area contributed by atoms with E-state index in [9.17, 15) is 8.42 Å². The SMILES string of the molecule is O=S(=O)([N]Br)c1ccc(-c2ccccc2)cc1. The molecule has 0 saturated carbocycles. The number of rotatable bonds is 3. The number of hydrogen-bond acceptors (Lipinski definition) is 2. The lowest BCUT2D eigenvalue weighted by Gasteiger charge is -2.03. The highest BCUT2D eigenvalue weighted by atomic mass is 79.9. The molecule has 0 aromatic heterocycles. The van der Waals surface area contributed by atoms with E-state index < -0.39 is 10.0 Å². The van der Waals surface area contributed by atoms with Gasteiger partial charge >= 0.3 is 0 Å². The average Bonchev–Trinajstić information content (AvgIpc) is 2.40. The van der Waals surface area contributed by atoms with Crippen molar-refractivity contribution in [2.24, 2.45) is 0 Å². The normalized spacial score (nSPS) is 11.4. The van der Waals surface area contributed by atoms with Crippen LogP contribution < -0.4 is 3.75 Å². The first-order valence-electron chi connectivity index (χ1n) is 4.87. The molecule has 87 valence electrons. The van der Waals surface area contributed by atoms with Crippen LogP contribution in [0.15, 0.2) is 59.5 Å². The second kappa shape index (κ2) is 5.00. The van der Waals surface area contributed by atoms with Gasteiger partial charge in [0.15, 0.2) is 0 Å². The van der Waals surface area contributed by atoms with Crippen molar-refractivity contribution in [3.05, 3.63) is 54.6 Å². The predicted octanol–water partition coefficient (Wildman–Crippen LogP) is 2.96. The Labute approximate surface area is 109 Å². The van der Waals surface area contributed by atoms with Crippen molar-refractivity contribution >= 4 is 26.2 Å². The molecule has 5 heteroatoms. The summed E-state index contributed by atoms with van der Waals surface area (Å²) in [5, 5.41) is 0. The van der Waals surface area contributed by atoms with Crippen molar-refractivity contribution in [2.75, 3.05) is 0 Å². The molecule has 0 unspecified atom stereocenters. The van der Waals surface area contributed by atoms with Crippen LogP contribution in [0.1, 0.15) is 0 Å². The van der Waals surface area contributed by atoms with Crippen LogP contribution in [-0.2, 0) is 10.0 Å². The number of benzene rings is 2. The van der Waals surface area contributed by atoms with Crippen LogP contribution in [0.4, 0.5) is 0 Å². The van der Waals surface area contributed by atoms with Gasteiger partial charge in [0.25, 0.3) is 10.0 Å². The van der Waals surface area contributed by atoms with E-state index in [1.54, 1.807) is 24.3 Å². The van der Waals surface area contributed by atoms with E-state index in [1.165, 1.54) is 0 Å². The molecular formula is C12H9BrNO2S. The van der Waals surface area contributed by atoms with Gasteiger partial charge in [-0.15, -0.1) is 0 Å². The Bertz CT molecular complexity index is 594. The Balaban J connectivity index is 2.38. The monoisotopic (exact) mass is 310 g/mol. The fourth-order valence-electron chi connectivity index (χ4n) is 1.49. The lowest BCUT2D eigenvalue weighted by Crippen LogP contribution is -2.06. The highest BCUT2D eigenvalue weighted by Crippen LogP contribution is 2.21. The third-order valence-electron chi connectivity index (χ3n) is 2.35. The summed E-state index contributed by atoms with van der Waals surface area (Å²) in [4.78, 5) is 0.175. The molecule has 3 nitrogen and oxygen atoms in total. The minimum absolute atomic E-state index is 0.175. The Morgan fingerprint density at radius 3 is 1.88 bits per heavy atom. The molecule has 0 heterocycles. The first-order chi connectivity index (χ1) is 8.13. The van der Waals surface area contributed by atoms with E-state index in [0.29, 0.717) is 0 Å². The van der Waals surface area contributed by atoms with E-state index >= 15 is 0 Å². The molecule has 1 radical (unpaired) electrons. The zero-order valence-electron chi connectivity index (χ0n) is 8.75. The number of nitrogens with zero attached hydrogens (tertiary/aromatic N) is 1.